The molecule has 0 aromatic rings. The molecule has 28 heteroatoms. The first-order valence-corrected chi connectivity index (χ1v) is 45.2. The number of rotatable bonds is 15. The van der Waals surface area contributed by atoms with Gasteiger partial charge in [-0.1, -0.05) is 135 Å². The first kappa shape index (κ1) is 95.9. The van der Waals surface area contributed by atoms with E-state index in [2.05, 4.69) is 79.7 Å². The second-order valence-corrected chi connectivity index (χ2v) is 37.8. The Kier molecular flexibility index (Phi) is 31.5. The highest BCUT2D eigenvalue weighted by molar-refractivity contribution is 5.79. The molecule has 0 radical (unpaired) electrons. The first-order valence-electron chi connectivity index (χ1n) is 45.2. The van der Waals surface area contributed by atoms with Gasteiger partial charge in [0, 0.05) is 103 Å². The minimum Gasteiger partial charge on any atom is -0.462 e. The van der Waals surface area contributed by atoms with Gasteiger partial charge < -0.3 is 125 Å². The van der Waals surface area contributed by atoms with Crippen molar-refractivity contribution in [1.82, 2.24) is 0 Å². The second-order valence-electron chi connectivity index (χ2n) is 37.8. The van der Waals surface area contributed by atoms with Crippen LogP contribution in [0.1, 0.15) is 181 Å². The third-order valence-electron chi connectivity index (χ3n) is 28.5. The molecule has 39 atom stereocenters. The van der Waals surface area contributed by atoms with Crippen molar-refractivity contribution in [3.63, 3.8) is 0 Å². The molecule has 4 bridgehead atoms. The highest BCUT2D eigenvalue weighted by Gasteiger charge is 2.63. The van der Waals surface area contributed by atoms with Gasteiger partial charge in [-0.15, -0.1) is 0 Å². The largest absolute Gasteiger partial charge is 0.462 e. The van der Waals surface area contributed by atoms with Crippen LogP contribution in [-0.4, -0.2) is 279 Å². The zero-order valence-electron chi connectivity index (χ0n) is 75.7. The summed E-state index contributed by atoms with van der Waals surface area (Å²) in [5, 5.41) is 68.4. The van der Waals surface area contributed by atoms with E-state index in [1.165, 1.54) is 0 Å². The number of methoxy groups -OCH3 is 4. The summed E-state index contributed by atoms with van der Waals surface area (Å²) in [5.74, 6) is -5.18. The fraction of sp³-hybridized carbons (Fsp3) is 0.768. The van der Waals surface area contributed by atoms with Crippen molar-refractivity contribution < 1.29 is 135 Å². The van der Waals surface area contributed by atoms with Crippen molar-refractivity contribution in [1.29, 1.82) is 0 Å². The van der Waals surface area contributed by atoms with Crippen LogP contribution in [0.3, 0.4) is 0 Å². The predicted molar refractivity (Wildman–Crippen MR) is 450 cm³/mol. The van der Waals surface area contributed by atoms with Gasteiger partial charge in [-0.25, -0.2) is 0 Å². The van der Waals surface area contributed by atoms with Crippen molar-refractivity contribution in [2.24, 2.45) is 47.3 Å². The molecule has 6 N–H and O–H groups in total. The van der Waals surface area contributed by atoms with E-state index in [-0.39, 0.29) is 85.3 Å². The zero-order chi connectivity index (χ0) is 88.6. The number of esters is 2. The van der Waals surface area contributed by atoms with Gasteiger partial charge in [0.15, 0.2) is 36.7 Å². The number of ether oxygens (including phenoxy) is 20. The summed E-state index contributed by atoms with van der Waals surface area (Å²) in [7, 11) is 6.44. The van der Waals surface area contributed by atoms with Crippen LogP contribution in [0, 0.1) is 47.3 Å². The standard InChI is InChI=1S/C48H72O14.C47H70O14/c1-11-25(2)43-28(5)17-18-47(62-43)23-34-20-33(61-47)16-15-27(4)42(26(3)13-12-14-32-24-55-45-40(49)29(6)19-35(46(51)58-34)48(32,45)52)59-39-22-37(54-10)44(31(8)57-39)60-38-21-36(53-9)41(50)30(7)56-38;1-24(2)41-27(5)16-17-46(61-41)22-33-19-32(60-46)15-14-26(4)42(25(3)12-11-13-31-23-54-44-39(48)28(6)18-34(45(50)57-33)47(31,44)51)58-38-21-36(53-10)43(30(8)56-38)59-37-20-35(52-9)40(49)29(7)55-37/h12-15,17-19,25-26,28,30-31,33-45,49-50,52H,11,16,20-24H2,1-10H3;11-14,16-18,24-25,27,29-30,32-44,48-49,51H,15,19-23H2,1-10H3/b13-12-,27-15-,32-14?;12-11-,26-14-,31-13?/t25-,26-,28-,30-,31-,33+,34-,35-,36-,37-,38-,39-,40+,41-,42-,43+,44-,45+,47+,48+;25-,27-,29-,30-,32+,33-,34-,35-,36-,37-,38-,39+,40-,41+,42-,43-,44+,46+,47+/m00/s1. The van der Waals surface area contributed by atoms with E-state index in [9.17, 15) is 40.2 Å². The monoisotopic (exact) mass is 1730 g/mol. The summed E-state index contributed by atoms with van der Waals surface area (Å²) >= 11 is 0. The lowest BCUT2D eigenvalue weighted by Crippen LogP contribution is -2.58. The van der Waals surface area contributed by atoms with Crippen molar-refractivity contribution in [3.05, 3.63) is 119 Å². The Hall–Kier alpha value is -4.62. The van der Waals surface area contributed by atoms with E-state index in [0.717, 1.165) is 17.6 Å². The summed E-state index contributed by atoms with van der Waals surface area (Å²) < 4.78 is 127. The number of carbonyl (C=O) groups is 2. The van der Waals surface area contributed by atoms with Gasteiger partial charge in [0.25, 0.3) is 0 Å². The topological polar surface area (TPSA) is 340 Å². The van der Waals surface area contributed by atoms with E-state index < -0.39 is 182 Å². The van der Waals surface area contributed by atoms with Gasteiger partial charge in [-0.05, 0) is 126 Å². The van der Waals surface area contributed by atoms with E-state index >= 15 is 0 Å². The fourth-order valence-corrected chi connectivity index (χ4v) is 21.0. The molecule has 0 saturated carbocycles. The van der Waals surface area contributed by atoms with Crippen molar-refractivity contribution >= 4 is 11.9 Å². The van der Waals surface area contributed by atoms with Gasteiger partial charge in [-0.2, -0.15) is 0 Å². The summed E-state index contributed by atoms with van der Waals surface area (Å²) in [4.78, 5) is 28.6. The van der Waals surface area contributed by atoms with Gasteiger partial charge >= 0.3 is 11.9 Å². The number of carbonyl (C=O) groups excluding carboxylic acids is 2. The molecule has 12 aliphatic heterocycles. The molecule has 0 aromatic heterocycles. The number of aliphatic hydroxyl groups excluding tert-OH is 4. The molecule has 0 unspecified atom stereocenters. The van der Waals surface area contributed by atoms with Crippen molar-refractivity contribution in [3.8, 4) is 0 Å². The van der Waals surface area contributed by atoms with Crippen molar-refractivity contribution in [2.75, 3.05) is 41.7 Å². The molecule has 28 nitrogen and oxygen atoms in total. The molecule has 690 valence electrons. The van der Waals surface area contributed by atoms with Gasteiger partial charge in [0.05, 0.1) is 98.7 Å². The first-order chi connectivity index (χ1) is 58.5. The summed E-state index contributed by atoms with van der Waals surface area (Å²) in [6.07, 6.45) is 16.1. The fourth-order valence-electron chi connectivity index (χ4n) is 21.0. The molecule has 123 heavy (non-hydrogen) atoms. The smallest absolute Gasteiger partial charge is 0.316 e. The Labute approximate surface area is 726 Å². The number of allylic oxidation sites excluding steroid dienone is 4. The Bertz CT molecular complexity index is 3920. The Morgan fingerprint density at radius 2 is 0.829 bits per heavy atom. The third-order valence-corrected chi connectivity index (χ3v) is 28.5. The Morgan fingerprint density at radius 1 is 0.455 bits per heavy atom. The number of aliphatic hydroxyl groups is 6. The van der Waals surface area contributed by atoms with Gasteiger partial charge in [-0.3, -0.25) is 9.59 Å². The normalized spacial score (nSPS) is 48.4. The highest BCUT2D eigenvalue weighted by atomic mass is 16.8. The van der Waals surface area contributed by atoms with E-state index in [1.54, 1.807) is 80.4 Å². The lowest BCUT2D eigenvalue weighted by molar-refractivity contribution is -0.318. The maximum absolute atomic E-state index is 14.3. The average molecular weight is 1730 g/mol. The Balaban J connectivity index is 0.000000212. The third kappa shape index (κ3) is 20.6. The molecule has 0 amide bonds. The van der Waals surface area contributed by atoms with Crippen LogP contribution in [-0.2, 0) is 104 Å². The van der Waals surface area contributed by atoms with Crippen LogP contribution in [0.25, 0.3) is 0 Å². The lowest BCUT2D eigenvalue weighted by atomic mass is 9.71. The molecule has 2 spiro atoms. The summed E-state index contributed by atoms with van der Waals surface area (Å²) in [5.41, 5.74) is 0.263. The van der Waals surface area contributed by atoms with Gasteiger partial charge in [0.1, 0.15) is 84.1 Å². The van der Waals surface area contributed by atoms with E-state index in [1.807, 2.05) is 64.2 Å². The molecule has 12 heterocycles. The minimum absolute atomic E-state index is 0.0313. The average Bonchev–Trinajstić information content (AvgIpc) is 1.61. The highest BCUT2D eigenvalue weighted by Crippen LogP contribution is 2.51. The SMILES string of the molecule is CC[C@H](C)[C@H]1O[C@]2(C=C[C@@H]1C)C[C@@H]1C[C@@H](C/C=C(/C)[C@@H](O[C@H]3C[C@H](OC)[C@@H](O[C@H]4C[C@H](OC)[C@@H](O)[C@H](C)O4)[C@H](C)O3)[C@@H](C)/C=C\C=C3CO[C@@H]4[C@H](O)C(C)=C[C@@H](C(=O)O1)[C@]34O)O2.CO[C@H]1C[C@H](O[C@H]2[C@H](C)O[C@@H](O[C@@H]3/C(C)=C\C[C@@H]4C[C@@H](C[C@]5(C=C[C@H](C)[C@@H](C(C)C)O5)O4)OC(=O)[C@@H]4C=C(C)[C@@H](O)[C@H]5OCC(=C/C=C\[C@@H]3C)[C@]54O)C[C@@H]2OC)O[C@@H](C)[C@@H]1O. The van der Waals surface area contributed by atoms with Crippen LogP contribution < -0.4 is 0 Å². The molecular formula is C95H142O28. The molecule has 2 aliphatic carbocycles. The maximum Gasteiger partial charge on any atom is 0.316 e. The van der Waals surface area contributed by atoms with Gasteiger partial charge in [0.2, 0.25) is 0 Å². The predicted octanol–water partition coefficient (Wildman–Crippen LogP) is 10.4. The van der Waals surface area contributed by atoms with Crippen LogP contribution in [0.15, 0.2) is 119 Å². The number of fused-ring (bicyclic) bond motifs is 4. The second kappa shape index (κ2) is 40.4. The summed E-state index contributed by atoms with van der Waals surface area (Å²) in [6.45, 7) is 32.1. The summed E-state index contributed by atoms with van der Waals surface area (Å²) in [6, 6.07) is 0. The van der Waals surface area contributed by atoms with Crippen LogP contribution in [0.2, 0.25) is 0 Å². The quantitative estimate of drug-likeness (QED) is 0.0655. The number of hydrogen-bond acceptors (Lipinski definition) is 28. The molecule has 14 aliphatic rings. The maximum atomic E-state index is 14.3. The molecular weight excluding hydrogens is 1590 g/mol. The van der Waals surface area contributed by atoms with Crippen molar-refractivity contribution in [2.45, 2.75) is 376 Å². The lowest BCUT2D eigenvalue weighted by Gasteiger charge is -2.48. The van der Waals surface area contributed by atoms with E-state index in [4.69, 9.17) is 94.7 Å². The minimum atomic E-state index is -1.84. The molecule has 14 rings (SSSR count). The van der Waals surface area contributed by atoms with Crippen LogP contribution in [0.5, 0.6) is 0 Å². The molecule has 8 saturated heterocycles. The number of hydrogen-bond donors (Lipinski definition) is 6. The molecule has 8 fully saturated rings. The van der Waals surface area contributed by atoms with Crippen LogP contribution >= 0.6 is 0 Å². The Morgan fingerprint density at radius 3 is 1.22 bits per heavy atom. The zero-order valence-corrected chi connectivity index (χ0v) is 75.7. The van der Waals surface area contributed by atoms with E-state index in [0.29, 0.717) is 86.5 Å². The van der Waals surface area contributed by atoms with Crippen LogP contribution in [0.4, 0.5) is 0 Å². The molecule has 0 aromatic carbocycles.